The average Bonchev–Trinajstić information content (AvgIpc) is 2.52. The van der Waals surface area contributed by atoms with Crippen molar-refractivity contribution in [3.63, 3.8) is 0 Å². The largest absolute Gasteiger partial charge is 0.468 e. The quantitative estimate of drug-likeness (QED) is 0.411. The number of unbranched alkanes of at least 4 members (excludes halogenated alkanes) is 3. The van der Waals surface area contributed by atoms with Gasteiger partial charge in [-0.15, -0.1) is 6.58 Å². The van der Waals surface area contributed by atoms with Crippen LogP contribution in [0.5, 0.6) is 0 Å². The number of carbonyl (C=O) groups excluding carboxylic acids is 1. The van der Waals surface area contributed by atoms with E-state index in [-0.39, 0.29) is 12.2 Å². The minimum absolute atomic E-state index is 0.169. The zero-order chi connectivity index (χ0) is 18.6. The number of alkyl halides is 3. The van der Waals surface area contributed by atoms with E-state index < -0.39 is 17.7 Å². The molecule has 0 aliphatic rings. The van der Waals surface area contributed by atoms with Gasteiger partial charge in [-0.3, -0.25) is 4.79 Å². The van der Waals surface area contributed by atoms with Crippen LogP contribution in [-0.4, -0.2) is 19.6 Å². The lowest BCUT2D eigenvalue weighted by atomic mass is 10.1. The normalized spacial score (nSPS) is 10.4. The maximum Gasteiger partial charge on any atom is 0.416 e. The molecule has 1 N–H and O–H groups in total. The zero-order valence-electron chi connectivity index (χ0n) is 14.5. The number of nitrogens with one attached hydrogen (secondary N) is 1. The predicted molar refractivity (Wildman–Crippen MR) is 91.0 cm³/mol. The first-order valence-electron chi connectivity index (χ1n) is 7.85. The van der Waals surface area contributed by atoms with Gasteiger partial charge < -0.3 is 10.1 Å². The Labute approximate surface area is 141 Å². The van der Waals surface area contributed by atoms with Crippen molar-refractivity contribution in [3.8, 4) is 0 Å². The molecule has 0 bridgehead atoms. The monoisotopic (exact) mass is 345 g/mol. The summed E-state index contributed by atoms with van der Waals surface area (Å²) >= 11 is 0. The third-order valence-electron chi connectivity index (χ3n) is 3.08. The maximum absolute atomic E-state index is 12.5. The highest BCUT2D eigenvalue weighted by Crippen LogP contribution is 2.31. The zero-order valence-corrected chi connectivity index (χ0v) is 14.5. The molecular formula is C18H26F3NO2. The number of rotatable bonds is 7. The topological polar surface area (TPSA) is 38.3 Å². The molecule has 0 unspecified atom stereocenters. The molecule has 6 heteroatoms. The molecule has 1 aromatic carbocycles. The lowest BCUT2D eigenvalue weighted by Gasteiger charge is -2.11. The number of anilines is 1. The molecule has 0 radical (unpaired) electrons. The number of benzene rings is 1. The first kappa shape index (κ1) is 22.0. The highest BCUT2D eigenvalue weighted by Gasteiger charge is 2.30. The van der Waals surface area contributed by atoms with Crippen LogP contribution in [0.1, 0.15) is 43.7 Å². The third-order valence-corrected chi connectivity index (χ3v) is 3.08. The Morgan fingerprint density at radius 2 is 1.96 bits per heavy atom. The van der Waals surface area contributed by atoms with Crippen molar-refractivity contribution in [1.82, 2.24) is 0 Å². The second kappa shape index (κ2) is 11.5. The van der Waals surface area contributed by atoms with Crippen LogP contribution in [0, 0.1) is 6.92 Å². The fraction of sp³-hybridized carbons (Fsp3) is 0.500. The number of methoxy groups -OCH3 is 1. The molecule has 1 rings (SSSR count). The number of hydrogen-bond acceptors (Lipinski definition) is 3. The van der Waals surface area contributed by atoms with Crippen LogP contribution in [0.4, 0.5) is 18.9 Å². The van der Waals surface area contributed by atoms with E-state index in [0.29, 0.717) is 5.56 Å². The highest BCUT2D eigenvalue weighted by atomic mass is 19.4. The molecule has 0 amide bonds. The van der Waals surface area contributed by atoms with E-state index in [1.165, 1.54) is 38.9 Å². The van der Waals surface area contributed by atoms with Gasteiger partial charge in [0.1, 0.15) is 6.54 Å². The van der Waals surface area contributed by atoms with Crippen molar-refractivity contribution in [2.24, 2.45) is 0 Å². The summed E-state index contributed by atoms with van der Waals surface area (Å²) < 4.78 is 41.9. The van der Waals surface area contributed by atoms with Crippen LogP contribution in [-0.2, 0) is 15.7 Å². The molecule has 0 saturated carbocycles. The molecular weight excluding hydrogens is 319 g/mol. The fourth-order valence-corrected chi connectivity index (χ4v) is 1.83. The second-order valence-corrected chi connectivity index (χ2v) is 5.30. The smallest absolute Gasteiger partial charge is 0.416 e. The van der Waals surface area contributed by atoms with Crippen LogP contribution in [0.15, 0.2) is 30.9 Å². The molecule has 136 valence electrons. The third kappa shape index (κ3) is 9.92. The summed E-state index contributed by atoms with van der Waals surface area (Å²) in [5.74, 6) is -0.542. The summed E-state index contributed by atoms with van der Waals surface area (Å²) in [6.45, 7) is 7.23. The number of aryl methyl sites for hydroxylation is 1. The number of ether oxygens (including phenoxy) is 1. The Balaban J connectivity index is 0.000000640. The fourth-order valence-electron chi connectivity index (χ4n) is 1.83. The van der Waals surface area contributed by atoms with E-state index in [1.807, 2.05) is 6.08 Å². The first-order valence-corrected chi connectivity index (χ1v) is 7.85. The second-order valence-electron chi connectivity index (χ2n) is 5.30. The van der Waals surface area contributed by atoms with Crippen molar-refractivity contribution in [2.45, 2.75) is 45.7 Å². The van der Waals surface area contributed by atoms with Crippen LogP contribution in [0.25, 0.3) is 0 Å². The lowest BCUT2D eigenvalue weighted by molar-refractivity contribution is -0.138. The summed E-state index contributed by atoms with van der Waals surface area (Å²) in [5.41, 5.74) is -0.0419. The van der Waals surface area contributed by atoms with Crippen molar-refractivity contribution >= 4 is 11.7 Å². The van der Waals surface area contributed by atoms with Gasteiger partial charge in [0.2, 0.25) is 0 Å². The molecule has 0 aliphatic heterocycles. The summed E-state index contributed by atoms with van der Waals surface area (Å²) in [5, 5.41) is 2.57. The van der Waals surface area contributed by atoms with Crippen molar-refractivity contribution < 1.29 is 22.7 Å². The van der Waals surface area contributed by atoms with Gasteiger partial charge in [0.15, 0.2) is 0 Å². The Bertz CT molecular complexity index is 513. The molecule has 3 nitrogen and oxygen atoms in total. The summed E-state index contributed by atoms with van der Waals surface area (Å²) in [6.07, 6.45) is 2.76. The molecule has 0 aliphatic carbocycles. The molecule has 0 aromatic heterocycles. The maximum atomic E-state index is 12.5. The van der Waals surface area contributed by atoms with Gasteiger partial charge in [0, 0.05) is 5.69 Å². The van der Waals surface area contributed by atoms with E-state index in [0.717, 1.165) is 12.1 Å². The van der Waals surface area contributed by atoms with Crippen LogP contribution >= 0.6 is 0 Å². The van der Waals surface area contributed by atoms with Crippen molar-refractivity contribution in [2.75, 3.05) is 19.0 Å². The van der Waals surface area contributed by atoms with Crippen LogP contribution < -0.4 is 5.32 Å². The molecule has 0 fully saturated rings. The Kier molecular flexibility index (Phi) is 10.6. The summed E-state index contributed by atoms with van der Waals surface area (Å²) in [6, 6.07) is 3.53. The van der Waals surface area contributed by atoms with Crippen LogP contribution in [0.2, 0.25) is 0 Å². The van der Waals surface area contributed by atoms with Gasteiger partial charge in [-0.1, -0.05) is 25.8 Å². The van der Waals surface area contributed by atoms with Gasteiger partial charge in [0.05, 0.1) is 12.7 Å². The van der Waals surface area contributed by atoms with E-state index in [1.54, 1.807) is 6.92 Å². The van der Waals surface area contributed by atoms with E-state index in [9.17, 15) is 18.0 Å². The lowest BCUT2D eigenvalue weighted by Crippen LogP contribution is -2.15. The number of esters is 1. The van der Waals surface area contributed by atoms with Gasteiger partial charge >= 0.3 is 12.1 Å². The minimum Gasteiger partial charge on any atom is -0.468 e. The number of carbonyl (C=O) groups is 1. The molecule has 0 saturated heterocycles. The van der Waals surface area contributed by atoms with E-state index in [2.05, 4.69) is 23.6 Å². The van der Waals surface area contributed by atoms with Crippen molar-refractivity contribution in [1.29, 1.82) is 0 Å². The SMILES string of the molecule is C=CCCCCC.COC(=O)CNc1cc(C)cc(C(F)(F)F)c1. The van der Waals surface area contributed by atoms with E-state index >= 15 is 0 Å². The average molecular weight is 345 g/mol. The summed E-state index contributed by atoms with van der Waals surface area (Å²) in [4.78, 5) is 10.8. The number of hydrogen-bond donors (Lipinski definition) is 1. The number of halogens is 3. The van der Waals surface area contributed by atoms with Gasteiger partial charge in [-0.05, 0) is 43.5 Å². The van der Waals surface area contributed by atoms with Crippen molar-refractivity contribution in [3.05, 3.63) is 42.0 Å². The number of allylic oxidation sites excluding steroid dienone is 1. The molecule has 0 atom stereocenters. The van der Waals surface area contributed by atoms with Gasteiger partial charge in [-0.2, -0.15) is 13.2 Å². The predicted octanol–water partition coefficient (Wildman–Crippen LogP) is 5.35. The Morgan fingerprint density at radius 3 is 2.46 bits per heavy atom. The van der Waals surface area contributed by atoms with Gasteiger partial charge in [-0.25, -0.2) is 0 Å². The van der Waals surface area contributed by atoms with Crippen LogP contribution in [0.3, 0.4) is 0 Å². The van der Waals surface area contributed by atoms with Gasteiger partial charge in [0.25, 0.3) is 0 Å². The first-order chi connectivity index (χ1) is 11.2. The molecule has 1 aromatic rings. The molecule has 24 heavy (non-hydrogen) atoms. The standard InChI is InChI=1S/C11H12F3NO2.C7H14/c1-7-3-8(11(12,13)14)5-9(4-7)15-6-10(16)17-2;1-3-5-7-6-4-2/h3-5,15H,6H2,1-2H3;3H,1,4-7H2,2H3. The highest BCUT2D eigenvalue weighted by molar-refractivity contribution is 5.74. The summed E-state index contributed by atoms with van der Waals surface area (Å²) in [7, 11) is 1.21. The Hall–Kier alpha value is -1.98. The molecule has 0 spiro atoms. The minimum atomic E-state index is -4.40. The van der Waals surface area contributed by atoms with E-state index in [4.69, 9.17) is 0 Å². The Morgan fingerprint density at radius 1 is 1.29 bits per heavy atom. The molecule has 0 heterocycles.